The van der Waals surface area contributed by atoms with E-state index in [0.29, 0.717) is 6.61 Å². The topological polar surface area (TPSA) is 26.3 Å². The normalized spacial score (nSPS) is 12.3. The van der Waals surface area contributed by atoms with Gasteiger partial charge in [0.15, 0.2) is 0 Å². The number of hydrogen-bond acceptors (Lipinski definition) is 2. The lowest BCUT2D eigenvalue weighted by molar-refractivity contribution is -0.149. The van der Waals surface area contributed by atoms with Crippen LogP contribution in [0.1, 0.15) is 136 Å². The van der Waals surface area contributed by atoms with Crippen molar-refractivity contribution in [1.82, 2.24) is 0 Å². The Balaban J connectivity index is 3.27. The molecule has 0 heterocycles. The first-order chi connectivity index (χ1) is 12.8. The Hall–Kier alpha value is -0.530. The molecule has 0 aliphatic carbocycles. The molecule has 2 heteroatoms. The molecule has 0 aromatic heterocycles. The number of rotatable bonds is 20. The van der Waals surface area contributed by atoms with E-state index < -0.39 is 0 Å². The fourth-order valence-corrected chi connectivity index (χ4v) is 3.53. The lowest BCUT2D eigenvalue weighted by Gasteiger charge is -2.13. The van der Waals surface area contributed by atoms with Gasteiger partial charge in [-0.1, -0.05) is 117 Å². The van der Waals surface area contributed by atoms with Gasteiger partial charge in [0.2, 0.25) is 0 Å². The predicted molar refractivity (Wildman–Crippen MR) is 115 cm³/mol. The van der Waals surface area contributed by atoms with E-state index in [0.717, 1.165) is 32.1 Å². The number of esters is 1. The van der Waals surface area contributed by atoms with Gasteiger partial charge in [0, 0.05) is 0 Å². The molecule has 156 valence electrons. The molecule has 0 aromatic carbocycles. The van der Waals surface area contributed by atoms with Crippen molar-refractivity contribution in [2.75, 3.05) is 6.61 Å². The largest absolute Gasteiger partial charge is 0.465 e. The van der Waals surface area contributed by atoms with Crippen LogP contribution in [0.25, 0.3) is 0 Å². The molecular weight excluding hydrogens is 320 g/mol. The summed E-state index contributed by atoms with van der Waals surface area (Å²) in [6.45, 7) is 7.17. The maximum atomic E-state index is 12.0. The van der Waals surface area contributed by atoms with E-state index in [2.05, 4.69) is 20.8 Å². The molecule has 0 N–H and O–H groups in total. The van der Waals surface area contributed by atoms with Crippen LogP contribution < -0.4 is 0 Å². The summed E-state index contributed by atoms with van der Waals surface area (Å²) in [5.74, 6) is 0.164. The molecule has 0 bridgehead atoms. The average molecular weight is 369 g/mol. The van der Waals surface area contributed by atoms with E-state index in [9.17, 15) is 4.79 Å². The van der Waals surface area contributed by atoms with Crippen LogP contribution in [0.4, 0.5) is 0 Å². The van der Waals surface area contributed by atoms with Crippen molar-refractivity contribution in [2.24, 2.45) is 5.92 Å². The Morgan fingerprint density at radius 3 is 1.46 bits per heavy atom. The molecule has 0 fully saturated rings. The molecule has 0 radical (unpaired) electrons. The van der Waals surface area contributed by atoms with Gasteiger partial charge in [-0.15, -0.1) is 0 Å². The van der Waals surface area contributed by atoms with Gasteiger partial charge >= 0.3 is 5.97 Å². The smallest absolute Gasteiger partial charge is 0.308 e. The summed E-state index contributed by atoms with van der Waals surface area (Å²) in [6.07, 6.45) is 23.2. The highest BCUT2D eigenvalue weighted by Gasteiger charge is 2.16. The number of ether oxygens (including phenoxy) is 1. The minimum atomic E-state index is 0.0376. The van der Waals surface area contributed by atoms with Crippen LogP contribution in [0.15, 0.2) is 0 Å². The number of hydrogen-bond donors (Lipinski definition) is 0. The van der Waals surface area contributed by atoms with Crippen molar-refractivity contribution in [3.63, 3.8) is 0 Å². The van der Waals surface area contributed by atoms with Crippen molar-refractivity contribution in [3.05, 3.63) is 0 Å². The van der Waals surface area contributed by atoms with Crippen LogP contribution in [-0.4, -0.2) is 12.6 Å². The van der Waals surface area contributed by atoms with E-state index in [1.807, 2.05) is 0 Å². The number of carbonyl (C=O) groups excluding carboxylic acids is 1. The van der Waals surface area contributed by atoms with Gasteiger partial charge in [-0.3, -0.25) is 4.79 Å². The van der Waals surface area contributed by atoms with Crippen LogP contribution in [0.2, 0.25) is 0 Å². The third-order valence-electron chi connectivity index (χ3n) is 5.47. The molecular formula is C24H48O2. The minimum absolute atomic E-state index is 0.0376. The Morgan fingerprint density at radius 1 is 0.615 bits per heavy atom. The van der Waals surface area contributed by atoms with Gasteiger partial charge in [-0.25, -0.2) is 0 Å². The van der Waals surface area contributed by atoms with Crippen LogP contribution in [0.3, 0.4) is 0 Å². The van der Waals surface area contributed by atoms with Crippen molar-refractivity contribution >= 4 is 5.97 Å². The second kappa shape index (κ2) is 20.8. The molecule has 0 aromatic rings. The summed E-state index contributed by atoms with van der Waals surface area (Å²) in [4.78, 5) is 12.0. The first kappa shape index (κ1) is 25.5. The highest BCUT2D eigenvalue weighted by Crippen LogP contribution is 2.15. The van der Waals surface area contributed by atoms with Crippen LogP contribution >= 0.6 is 0 Å². The molecule has 2 nitrogen and oxygen atoms in total. The second-order valence-corrected chi connectivity index (χ2v) is 8.01. The van der Waals surface area contributed by atoms with Crippen molar-refractivity contribution in [2.45, 2.75) is 136 Å². The van der Waals surface area contributed by atoms with Crippen LogP contribution in [0.5, 0.6) is 0 Å². The first-order valence-electron chi connectivity index (χ1n) is 11.9. The Labute approximate surface area is 164 Å². The second-order valence-electron chi connectivity index (χ2n) is 8.01. The SMILES string of the molecule is CCCCCCCCCCCCCCCCOC(=O)[C@H](CC)CCCC. The van der Waals surface area contributed by atoms with Gasteiger partial charge in [0.25, 0.3) is 0 Å². The summed E-state index contributed by atoms with van der Waals surface area (Å²) >= 11 is 0. The van der Waals surface area contributed by atoms with Gasteiger partial charge < -0.3 is 4.74 Å². The van der Waals surface area contributed by atoms with Gasteiger partial charge in [0.05, 0.1) is 12.5 Å². The maximum Gasteiger partial charge on any atom is 0.308 e. The molecule has 0 amide bonds. The zero-order chi connectivity index (χ0) is 19.3. The molecule has 0 aliphatic rings. The van der Waals surface area contributed by atoms with Gasteiger partial charge in [-0.2, -0.15) is 0 Å². The molecule has 0 unspecified atom stereocenters. The Kier molecular flexibility index (Phi) is 20.4. The zero-order valence-electron chi connectivity index (χ0n) is 18.3. The van der Waals surface area contributed by atoms with E-state index in [1.54, 1.807) is 0 Å². The fraction of sp³-hybridized carbons (Fsp3) is 0.958. The zero-order valence-corrected chi connectivity index (χ0v) is 18.3. The summed E-state index contributed by atoms with van der Waals surface area (Å²) < 4.78 is 5.46. The summed E-state index contributed by atoms with van der Waals surface area (Å²) in [5, 5.41) is 0. The van der Waals surface area contributed by atoms with Gasteiger partial charge in [0.1, 0.15) is 0 Å². The molecule has 0 saturated heterocycles. The Morgan fingerprint density at radius 2 is 1.04 bits per heavy atom. The molecule has 0 aliphatic heterocycles. The van der Waals surface area contributed by atoms with Crippen molar-refractivity contribution in [1.29, 1.82) is 0 Å². The molecule has 26 heavy (non-hydrogen) atoms. The van der Waals surface area contributed by atoms with Crippen molar-refractivity contribution < 1.29 is 9.53 Å². The fourth-order valence-electron chi connectivity index (χ4n) is 3.53. The molecule has 1 atom stereocenters. The van der Waals surface area contributed by atoms with E-state index in [4.69, 9.17) is 4.74 Å². The highest BCUT2D eigenvalue weighted by atomic mass is 16.5. The highest BCUT2D eigenvalue weighted by molar-refractivity contribution is 5.72. The van der Waals surface area contributed by atoms with Gasteiger partial charge in [-0.05, 0) is 19.3 Å². The van der Waals surface area contributed by atoms with E-state index in [-0.39, 0.29) is 11.9 Å². The van der Waals surface area contributed by atoms with E-state index >= 15 is 0 Å². The van der Waals surface area contributed by atoms with Crippen molar-refractivity contribution in [3.8, 4) is 0 Å². The average Bonchev–Trinajstić information content (AvgIpc) is 2.65. The lowest BCUT2D eigenvalue weighted by Crippen LogP contribution is -2.17. The minimum Gasteiger partial charge on any atom is -0.465 e. The van der Waals surface area contributed by atoms with Crippen LogP contribution in [0, 0.1) is 5.92 Å². The third kappa shape index (κ3) is 16.9. The Bertz CT molecular complexity index is 288. The summed E-state index contributed by atoms with van der Waals surface area (Å²) in [5.41, 5.74) is 0. The quantitative estimate of drug-likeness (QED) is 0.160. The maximum absolute atomic E-state index is 12.0. The standard InChI is InChI=1S/C24H48O2/c1-4-7-9-10-11-12-13-14-15-16-17-18-19-20-22-26-24(25)23(6-3)21-8-5-2/h23H,4-22H2,1-3H3/t23-/m1/s1. The lowest BCUT2D eigenvalue weighted by atomic mass is 10.00. The summed E-state index contributed by atoms with van der Waals surface area (Å²) in [6, 6.07) is 0. The number of unbranched alkanes of at least 4 members (excludes halogenated alkanes) is 14. The van der Waals surface area contributed by atoms with E-state index in [1.165, 1.54) is 83.5 Å². The monoisotopic (exact) mass is 368 g/mol. The molecule has 0 spiro atoms. The third-order valence-corrected chi connectivity index (χ3v) is 5.47. The van der Waals surface area contributed by atoms with Crippen LogP contribution in [-0.2, 0) is 9.53 Å². The molecule has 0 saturated carbocycles. The first-order valence-corrected chi connectivity index (χ1v) is 11.9. The summed E-state index contributed by atoms with van der Waals surface area (Å²) in [7, 11) is 0. The predicted octanol–water partition coefficient (Wildman–Crippen LogP) is 8.23. The number of carbonyl (C=O) groups is 1. The molecule has 0 rings (SSSR count).